The van der Waals surface area contributed by atoms with Crippen molar-refractivity contribution in [3.05, 3.63) is 28.8 Å². The van der Waals surface area contributed by atoms with Crippen LogP contribution in [0, 0.1) is 5.92 Å². The molecule has 1 N–H and O–H groups in total. The van der Waals surface area contributed by atoms with Crippen molar-refractivity contribution in [2.24, 2.45) is 5.92 Å². The predicted octanol–water partition coefficient (Wildman–Crippen LogP) is 5.27. The maximum atomic E-state index is 6.51. The molecular weight excluding hydrogens is 280 g/mol. The molecule has 2 nitrogen and oxygen atoms in total. The Labute approximate surface area is 135 Å². The van der Waals surface area contributed by atoms with E-state index >= 15 is 0 Å². The molecule has 1 aromatic carbocycles. The molecule has 1 atom stereocenters. The first-order valence-electron chi connectivity index (χ1n) is 8.17. The van der Waals surface area contributed by atoms with Gasteiger partial charge in [0.15, 0.2) is 0 Å². The van der Waals surface area contributed by atoms with E-state index in [0.29, 0.717) is 12.0 Å². The van der Waals surface area contributed by atoms with E-state index in [-0.39, 0.29) is 6.04 Å². The summed E-state index contributed by atoms with van der Waals surface area (Å²) in [6.45, 7) is 12.3. The van der Waals surface area contributed by atoms with Crippen molar-refractivity contribution < 1.29 is 0 Å². The van der Waals surface area contributed by atoms with Crippen LogP contribution in [0.5, 0.6) is 0 Å². The molecule has 0 spiro atoms. The number of hydrogen-bond donors (Lipinski definition) is 1. The van der Waals surface area contributed by atoms with Crippen LogP contribution in [-0.2, 0) is 0 Å². The molecule has 0 radical (unpaired) electrons. The lowest BCUT2D eigenvalue weighted by Gasteiger charge is -2.34. The maximum Gasteiger partial charge on any atom is 0.0474 e. The topological polar surface area (TPSA) is 15.3 Å². The average Bonchev–Trinajstić information content (AvgIpc) is 2.46. The van der Waals surface area contributed by atoms with Crippen molar-refractivity contribution in [2.75, 3.05) is 18.5 Å². The van der Waals surface area contributed by atoms with Crippen LogP contribution in [-0.4, -0.2) is 19.6 Å². The molecule has 0 aromatic heterocycles. The monoisotopic (exact) mass is 310 g/mol. The number of benzene rings is 1. The summed E-state index contributed by atoms with van der Waals surface area (Å²) in [6, 6.07) is 7.37. The maximum absolute atomic E-state index is 6.51. The van der Waals surface area contributed by atoms with Crippen molar-refractivity contribution in [1.29, 1.82) is 0 Å². The van der Waals surface area contributed by atoms with Crippen LogP contribution in [0.4, 0.5) is 5.69 Å². The molecule has 21 heavy (non-hydrogen) atoms. The lowest BCUT2D eigenvalue weighted by molar-refractivity contribution is 0.507. The second-order valence-corrected chi connectivity index (χ2v) is 6.64. The third kappa shape index (κ3) is 4.89. The van der Waals surface area contributed by atoms with Crippen LogP contribution in [0.1, 0.15) is 59.1 Å². The van der Waals surface area contributed by atoms with E-state index in [1.165, 1.54) is 5.69 Å². The zero-order chi connectivity index (χ0) is 16.0. The molecular formula is C18H31ClN2. The van der Waals surface area contributed by atoms with Gasteiger partial charge in [-0.2, -0.15) is 0 Å². The van der Waals surface area contributed by atoms with E-state index in [4.69, 9.17) is 11.6 Å². The molecule has 0 saturated carbocycles. The van der Waals surface area contributed by atoms with Crippen LogP contribution in [0.3, 0.4) is 0 Å². The van der Waals surface area contributed by atoms with Crippen molar-refractivity contribution >= 4 is 17.3 Å². The molecule has 0 heterocycles. The van der Waals surface area contributed by atoms with Gasteiger partial charge in [-0.15, -0.1) is 0 Å². The first kappa shape index (κ1) is 18.3. The highest BCUT2D eigenvalue weighted by Crippen LogP contribution is 2.30. The van der Waals surface area contributed by atoms with Crippen LogP contribution >= 0.6 is 11.6 Å². The molecule has 120 valence electrons. The fourth-order valence-electron chi connectivity index (χ4n) is 2.79. The zero-order valence-corrected chi connectivity index (χ0v) is 15.2. The number of hydrogen-bond acceptors (Lipinski definition) is 2. The van der Waals surface area contributed by atoms with Gasteiger partial charge in [0.1, 0.15) is 0 Å². The van der Waals surface area contributed by atoms with Crippen molar-refractivity contribution in [2.45, 2.75) is 59.5 Å². The molecule has 0 amide bonds. The third-order valence-corrected chi connectivity index (χ3v) is 4.49. The van der Waals surface area contributed by atoms with Crippen molar-refractivity contribution in [1.82, 2.24) is 5.32 Å². The van der Waals surface area contributed by atoms with Gasteiger partial charge in [-0.3, -0.25) is 0 Å². The molecule has 0 aliphatic carbocycles. The Kier molecular flexibility index (Phi) is 7.55. The van der Waals surface area contributed by atoms with Crippen LogP contribution in [0.25, 0.3) is 0 Å². The zero-order valence-electron chi connectivity index (χ0n) is 14.4. The Morgan fingerprint density at radius 2 is 1.76 bits per heavy atom. The minimum Gasteiger partial charge on any atom is -0.368 e. The SMILES string of the molecule is CCC(CC)N(CC(C)C)c1ccc(C(C)NC)c(Cl)c1. The van der Waals surface area contributed by atoms with Gasteiger partial charge < -0.3 is 10.2 Å². The molecule has 1 rings (SSSR count). The molecule has 0 fully saturated rings. The summed E-state index contributed by atoms with van der Waals surface area (Å²) in [5.41, 5.74) is 2.41. The third-order valence-electron chi connectivity index (χ3n) is 4.16. The normalized spacial score (nSPS) is 13.0. The van der Waals surface area contributed by atoms with Crippen LogP contribution in [0.15, 0.2) is 18.2 Å². The Hall–Kier alpha value is -0.730. The van der Waals surface area contributed by atoms with E-state index in [9.17, 15) is 0 Å². The quantitative estimate of drug-likeness (QED) is 0.703. The van der Waals surface area contributed by atoms with Crippen molar-refractivity contribution in [3.8, 4) is 0 Å². The first-order chi connectivity index (χ1) is 9.94. The van der Waals surface area contributed by atoms with E-state index < -0.39 is 0 Å². The number of rotatable bonds is 8. The summed E-state index contributed by atoms with van der Waals surface area (Å²) in [6.07, 6.45) is 2.32. The highest BCUT2D eigenvalue weighted by Gasteiger charge is 2.18. The number of halogens is 1. The van der Waals surface area contributed by atoms with Gasteiger partial charge >= 0.3 is 0 Å². The summed E-state index contributed by atoms with van der Waals surface area (Å²) in [5, 5.41) is 4.11. The molecule has 0 aliphatic rings. The summed E-state index contributed by atoms with van der Waals surface area (Å²) in [5.74, 6) is 0.639. The van der Waals surface area contributed by atoms with Gasteiger partial charge in [-0.05, 0) is 50.4 Å². The second kappa shape index (κ2) is 8.65. The average molecular weight is 311 g/mol. The summed E-state index contributed by atoms with van der Waals surface area (Å²) < 4.78 is 0. The van der Waals surface area contributed by atoms with E-state index in [0.717, 1.165) is 30.0 Å². The fraction of sp³-hybridized carbons (Fsp3) is 0.667. The Balaban J connectivity index is 3.10. The minimum atomic E-state index is 0.276. The number of nitrogens with zero attached hydrogens (tertiary/aromatic N) is 1. The first-order valence-corrected chi connectivity index (χ1v) is 8.55. The Bertz CT molecular complexity index is 427. The van der Waals surface area contributed by atoms with Gasteiger partial charge in [0.05, 0.1) is 0 Å². The summed E-state index contributed by atoms with van der Waals surface area (Å²) >= 11 is 6.51. The van der Waals surface area contributed by atoms with E-state index in [1.54, 1.807) is 0 Å². The fourth-order valence-corrected chi connectivity index (χ4v) is 3.13. The van der Waals surface area contributed by atoms with Gasteiger partial charge in [-0.25, -0.2) is 0 Å². The molecule has 3 heteroatoms. The van der Waals surface area contributed by atoms with E-state index in [2.05, 4.69) is 63.0 Å². The van der Waals surface area contributed by atoms with Crippen LogP contribution in [0.2, 0.25) is 5.02 Å². The van der Waals surface area contributed by atoms with Gasteiger partial charge in [-0.1, -0.05) is 45.4 Å². The smallest absolute Gasteiger partial charge is 0.0474 e. The number of nitrogens with one attached hydrogen (secondary N) is 1. The largest absolute Gasteiger partial charge is 0.368 e. The summed E-state index contributed by atoms with van der Waals surface area (Å²) in [7, 11) is 1.96. The Morgan fingerprint density at radius 1 is 1.14 bits per heavy atom. The van der Waals surface area contributed by atoms with Crippen LogP contribution < -0.4 is 10.2 Å². The predicted molar refractivity (Wildman–Crippen MR) is 95.5 cm³/mol. The molecule has 0 saturated heterocycles. The van der Waals surface area contributed by atoms with Gasteiger partial charge in [0.25, 0.3) is 0 Å². The molecule has 1 unspecified atom stereocenters. The highest BCUT2D eigenvalue weighted by molar-refractivity contribution is 6.31. The Morgan fingerprint density at radius 3 is 2.19 bits per heavy atom. The lowest BCUT2D eigenvalue weighted by atomic mass is 10.0. The number of anilines is 1. The lowest BCUT2D eigenvalue weighted by Crippen LogP contribution is -2.37. The van der Waals surface area contributed by atoms with Gasteiger partial charge in [0.2, 0.25) is 0 Å². The van der Waals surface area contributed by atoms with Gasteiger partial charge in [0, 0.05) is 29.3 Å². The van der Waals surface area contributed by atoms with E-state index in [1.807, 2.05) is 7.05 Å². The molecule has 0 bridgehead atoms. The highest BCUT2D eigenvalue weighted by atomic mass is 35.5. The molecule has 1 aromatic rings. The van der Waals surface area contributed by atoms with Crippen molar-refractivity contribution in [3.63, 3.8) is 0 Å². The second-order valence-electron chi connectivity index (χ2n) is 6.23. The summed E-state index contributed by atoms with van der Waals surface area (Å²) in [4.78, 5) is 2.52. The standard InChI is InChI=1S/C18H31ClN2/c1-7-15(8-2)21(12-13(3)4)16-9-10-17(14(5)20-6)18(19)11-16/h9-11,13-15,20H,7-8,12H2,1-6H3. The minimum absolute atomic E-state index is 0.276. The molecule has 0 aliphatic heterocycles.